The lowest BCUT2D eigenvalue weighted by molar-refractivity contribution is -0.140. The molecule has 41 heavy (non-hydrogen) atoms. The van der Waals surface area contributed by atoms with Gasteiger partial charge in [0.2, 0.25) is 11.8 Å². The molecule has 0 radical (unpaired) electrons. The standard InChI is InChI=1S/C31H37ClFN3O4S/c1-6-23(5)34-31(38)29(7-2)35(19-24-9-13-26(33)14-10-24)30(37)20-36(27-15-8-21(3)22(4)18-27)41(39,40)28-16-11-25(32)12-17-28/h8-18,23,29H,6-7,19-20H2,1-5H3,(H,34,38). The number of anilines is 1. The van der Waals surface area contributed by atoms with Gasteiger partial charge in [0.05, 0.1) is 10.6 Å². The molecule has 0 aliphatic heterocycles. The summed E-state index contributed by atoms with van der Waals surface area (Å²) in [4.78, 5) is 28.7. The Bertz CT molecular complexity index is 1460. The van der Waals surface area contributed by atoms with Gasteiger partial charge in [0.1, 0.15) is 18.4 Å². The third-order valence-electron chi connectivity index (χ3n) is 7.11. The van der Waals surface area contributed by atoms with Crippen molar-refractivity contribution in [2.24, 2.45) is 0 Å². The quantitative estimate of drug-likeness (QED) is 0.275. The highest BCUT2D eigenvalue weighted by Crippen LogP contribution is 2.27. The molecule has 7 nitrogen and oxygen atoms in total. The minimum atomic E-state index is -4.21. The van der Waals surface area contributed by atoms with Gasteiger partial charge in [0.25, 0.3) is 10.0 Å². The van der Waals surface area contributed by atoms with Crippen LogP contribution in [0, 0.1) is 19.7 Å². The Morgan fingerprint density at radius 2 is 1.56 bits per heavy atom. The number of hydrogen-bond acceptors (Lipinski definition) is 4. The summed E-state index contributed by atoms with van der Waals surface area (Å²) in [6.45, 7) is 8.81. The smallest absolute Gasteiger partial charge is 0.264 e. The molecule has 0 aliphatic carbocycles. The summed E-state index contributed by atoms with van der Waals surface area (Å²) in [6.07, 6.45) is 0.997. The van der Waals surface area contributed by atoms with Crippen molar-refractivity contribution in [2.75, 3.05) is 10.8 Å². The molecular formula is C31H37ClFN3O4S. The molecule has 0 bridgehead atoms. The van der Waals surface area contributed by atoms with Crippen molar-refractivity contribution in [1.29, 1.82) is 0 Å². The largest absolute Gasteiger partial charge is 0.352 e. The Hall–Kier alpha value is -3.43. The normalized spacial score (nSPS) is 12.9. The van der Waals surface area contributed by atoms with Gasteiger partial charge in [-0.25, -0.2) is 12.8 Å². The average molecular weight is 602 g/mol. The zero-order valence-electron chi connectivity index (χ0n) is 24.0. The zero-order chi connectivity index (χ0) is 30.3. The van der Waals surface area contributed by atoms with Gasteiger partial charge >= 0.3 is 0 Å². The predicted octanol–water partition coefficient (Wildman–Crippen LogP) is 6.01. The van der Waals surface area contributed by atoms with Crippen LogP contribution in [0.3, 0.4) is 0 Å². The van der Waals surface area contributed by atoms with Crippen molar-refractivity contribution in [2.45, 2.75) is 71.0 Å². The van der Waals surface area contributed by atoms with E-state index in [1.54, 1.807) is 37.3 Å². The van der Waals surface area contributed by atoms with Crippen LogP contribution in [0.25, 0.3) is 0 Å². The van der Waals surface area contributed by atoms with Crippen LogP contribution in [0.1, 0.15) is 50.3 Å². The summed E-state index contributed by atoms with van der Waals surface area (Å²) in [5, 5.41) is 3.31. The molecule has 3 aromatic carbocycles. The lowest BCUT2D eigenvalue weighted by atomic mass is 10.1. The molecule has 0 heterocycles. The monoisotopic (exact) mass is 601 g/mol. The SMILES string of the molecule is CCC(C)NC(=O)C(CC)N(Cc1ccc(F)cc1)C(=O)CN(c1ccc(C)c(C)c1)S(=O)(=O)c1ccc(Cl)cc1. The summed E-state index contributed by atoms with van der Waals surface area (Å²) >= 11 is 6.01. The molecule has 2 unspecified atom stereocenters. The van der Waals surface area contributed by atoms with Crippen LogP contribution in [-0.4, -0.2) is 43.8 Å². The minimum Gasteiger partial charge on any atom is -0.352 e. The van der Waals surface area contributed by atoms with Crippen LogP contribution in [0.2, 0.25) is 5.02 Å². The first kappa shape index (κ1) is 32.1. The second-order valence-electron chi connectivity index (χ2n) is 10.1. The Balaban J connectivity index is 2.08. The highest BCUT2D eigenvalue weighted by molar-refractivity contribution is 7.92. The number of halogens is 2. The zero-order valence-corrected chi connectivity index (χ0v) is 25.6. The number of benzene rings is 3. The van der Waals surface area contributed by atoms with Crippen LogP contribution in [0.5, 0.6) is 0 Å². The number of nitrogens with zero attached hydrogens (tertiary/aromatic N) is 2. The Morgan fingerprint density at radius 3 is 2.12 bits per heavy atom. The molecule has 3 aromatic rings. The fourth-order valence-electron chi connectivity index (χ4n) is 4.29. The molecule has 0 aromatic heterocycles. The third-order valence-corrected chi connectivity index (χ3v) is 9.15. The van der Waals surface area contributed by atoms with Gasteiger partial charge in [-0.1, -0.05) is 43.6 Å². The number of aryl methyl sites for hydroxylation is 2. The van der Waals surface area contributed by atoms with Gasteiger partial charge in [-0.15, -0.1) is 0 Å². The van der Waals surface area contributed by atoms with Gasteiger partial charge in [-0.3, -0.25) is 13.9 Å². The molecule has 0 saturated carbocycles. The van der Waals surface area contributed by atoms with E-state index in [1.165, 1.54) is 41.3 Å². The van der Waals surface area contributed by atoms with Gasteiger partial charge in [0, 0.05) is 17.6 Å². The summed E-state index contributed by atoms with van der Waals surface area (Å²) in [5.41, 5.74) is 2.74. The summed E-state index contributed by atoms with van der Waals surface area (Å²) in [6, 6.07) is 15.6. The topological polar surface area (TPSA) is 86.8 Å². The fourth-order valence-corrected chi connectivity index (χ4v) is 5.82. The maximum atomic E-state index is 14.1. The molecule has 0 spiro atoms. The second kappa shape index (κ2) is 14.0. The van der Waals surface area contributed by atoms with Crippen LogP contribution in [0.4, 0.5) is 10.1 Å². The molecule has 1 N–H and O–H groups in total. The lowest BCUT2D eigenvalue weighted by Crippen LogP contribution is -2.53. The Kier molecular flexibility index (Phi) is 10.9. The van der Waals surface area contributed by atoms with E-state index in [-0.39, 0.29) is 23.4 Å². The molecule has 2 amide bonds. The highest BCUT2D eigenvalue weighted by Gasteiger charge is 2.34. The number of hydrogen-bond donors (Lipinski definition) is 1. The first-order valence-corrected chi connectivity index (χ1v) is 15.4. The third kappa shape index (κ3) is 8.07. The van der Waals surface area contributed by atoms with Crippen LogP contribution >= 0.6 is 11.6 Å². The lowest BCUT2D eigenvalue weighted by Gasteiger charge is -2.34. The van der Waals surface area contributed by atoms with Crippen molar-refractivity contribution in [1.82, 2.24) is 10.2 Å². The Labute approximate surface area is 247 Å². The summed E-state index contributed by atoms with van der Waals surface area (Å²) in [5.74, 6) is -1.34. The van der Waals surface area contributed by atoms with E-state index < -0.39 is 34.3 Å². The van der Waals surface area contributed by atoms with Gasteiger partial charge < -0.3 is 10.2 Å². The van der Waals surface area contributed by atoms with E-state index in [0.717, 1.165) is 15.4 Å². The highest BCUT2D eigenvalue weighted by atomic mass is 35.5. The van der Waals surface area contributed by atoms with Crippen molar-refractivity contribution in [3.63, 3.8) is 0 Å². The minimum absolute atomic E-state index is 0.00664. The van der Waals surface area contributed by atoms with Crippen LogP contribution < -0.4 is 9.62 Å². The second-order valence-corrected chi connectivity index (χ2v) is 12.4. The molecule has 2 atom stereocenters. The molecule has 0 saturated heterocycles. The Morgan fingerprint density at radius 1 is 0.927 bits per heavy atom. The summed E-state index contributed by atoms with van der Waals surface area (Å²) < 4.78 is 42.6. The number of carbonyl (C=O) groups excluding carboxylic acids is 2. The number of sulfonamides is 1. The van der Waals surface area contributed by atoms with Crippen molar-refractivity contribution >= 4 is 39.1 Å². The number of carbonyl (C=O) groups is 2. The summed E-state index contributed by atoms with van der Waals surface area (Å²) in [7, 11) is -4.21. The number of rotatable bonds is 12. The molecule has 3 rings (SSSR count). The van der Waals surface area contributed by atoms with E-state index in [4.69, 9.17) is 11.6 Å². The van der Waals surface area contributed by atoms with E-state index in [1.807, 2.05) is 27.7 Å². The predicted molar refractivity (Wildman–Crippen MR) is 161 cm³/mol. The van der Waals surface area contributed by atoms with E-state index >= 15 is 0 Å². The van der Waals surface area contributed by atoms with E-state index in [9.17, 15) is 22.4 Å². The maximum Gasteiger partial charge on any atom is 0.264 e. The molecule has 0 aliphatic rings. The molecule has 10 heteroatoms. The van der Waals surface area contributed by atoms with Crippen molar-refractivity contribution in [3.8, 4) is 0 Å². The number of nitrogens with one attached hydrogen (secondary N) is 1. The van der Waals surface area contributed by atoms with E-state index in [2.05, 4.69) is 5.32 Å². The maximum absolute atomic E-state index is 14.1. The molecule has 220 valence electrons. The van der Waals surface area contributed by atoms with E-state index in [0.29, 0.717) is 29.1 Å². The van der Waals surface area contributed by atoms with Gasteiger partial charge in [-0.2, -0.15) is 0 Å². The van der Waals surface area contributed by atoms with Crippen molar-refractivity contribution in [3.05, 3.63) is 94.3 Å². The van der Waals surface area contributed by atoms with Crippen LogP contribution in [-0.2, 0) is 26.2 Å². The number of amides is 2. The van der Waals surface area contributed by atoms with Gasteiger partial charge in [-0.05, 0) is 98.8 Å². The van der Waals surface area contributed by atoms with Gasteiger partial charge in [0.15, 0.2) is 0 Å². The van der Waals surface area contributed by atoms with Crippen molar-refractivity contribution < 1.29 is 22.4 Å². The average Bonchev–Trinajstić information content (AvgIpc) is 2.94. The first-order chi connectivity index (χ1) is 19.4. The molecule has 0 fully saturated rings. The molecular weight excluding hydrogens is 565 g/mol. The van der Waals surface area contributed by atoms with Crippen LogP contribution in [0.15, 0.2) is 71.6 Å². The first-order valence-electron chi connectivity index (χ1n) is 13.6. The fraction of sp³-hybridized carbons (Fsp3) is 0.355.